The van der Waals surface area contributed by atoms with Gasteiger partial charge in [0.25, 0.3) is 5.56 Å². The molecule has 0 unspecified atom stereocenters. The first-order chi connectivity index (χ1) is 11.9. The molecule has 0 aliphatic heterocycles. The van der Waals surface area contributed by atoms with Crippen LogP contribution >= 0.6 is 0 Å². The normalized spacial score (nSPS) is 10.6. The Morgan fingerprint density at radius 2 is 1.88 bits per heavy atom. The molecule has 0 amide bonds. The summed E-state index contributed by atoms with van der Waals surface area (Å²) in [5.74, 6) is -1.05. The molecule has 0 aliphatic rings. The van der Waals surface area contributed by atoms with Crippen LogP contribution in [0, 0.1) is 17.0 Å². The fourth-order valence-electron chi connectivity index (χ4n) is 2.45. The number of hydrogen-bond acceptors (Lipinski definition) is 6. The standard InChI is InChI=1S/C17H13N3O5/c1-10-7-8-13(20(23)24)14(9-10)25-17(22)15-11-5-3-4-6-12(11)16(21)19(2)18-15/h3-9H,1-2H3. The number of nitro groups is 1. The van der Waals surface area contributed by atoms with E-state index in [1.54, 1.807) is 37.3 Å². The summed E-state index contributed by atoms with van der Waals surface area (Å²) in [6, 6.07) is 10.7. The van der Waals surface area contributed by atoms with Crippen molar-refractivity contribution < 1.29 is 14.5 Å². The Hall–Kier alpha value is -3.55. The second-order valence-corrected chi connectivity index (χ2v) is 5.44. The molecule has 0 N–H and O–H groups in total. The molecule has 8 nitrogen and oxygen atoms in total. The second kappa shape index (κ2) is 6.16. The number of carbonyl (C=O) groups excluding carboxylic acids is 1. The lowest BCUT2D eigenvalue weighted by molar-refractivity contribution is -0.385. The molecule has 0 saturated heterocycles. The van der Waals surface area contributed by atoms with Crippen molar-refractivity contribution in [3.63, 3.8) is 0 Å². The highest BCUT2D eigenvalue weighted by Crippen LogP contribution is 2.28. The van der Waals surface area contributed by atoms with Crippen molar-refractivity contribution in [2.45, 2.75) is 6.92 Å². The summed E-state index contributed by atoms with van der Waals surface area (Å²) < 4.78 is 6.25. The van der Waals surface area contributed by atoms with Gasteiger partial charge in [-0.3, -0.25) is 14.9 Å². The second-order valence-electron chi connectivity index (χ2n) is 5.44. The third-order valence-corrected chi connectivity index (χ3v) is 3.66. The highest BCUT2D eigenvalue weighted by Gasteiger charge is 2.22. The maximum absolute atomic E-state index is 12.6. The van der Waals surface area contributed by atoms with Crippen LogP contribution in [0.4, 0.5) is 5.69 Å². The molecule has 3 aromatic rings. The van der Waals surface area contributed by atoms with Crippen LogP contribution in [-0.2, 0) is 7.05 Å². The Labute approximate surface area is 141 Å². The van der Waals surface area contributed by atoms with E-state index in [1.807, 2.05) is 0 Å². The highest BCUT2D eigenvalue weighted by atomic mass is 16.6. The van der Waals surface area contributed by atoms with Crippen molar-refractivity contribution in [2.75, 3.05) is 0 Å². The molecule has 0 atom stereocenters. The first kappa shape index (κ1) is 16.3. The number of carbonyl (C=O) groups is 1. The van der Waals surface area contributed by atoms with E-state index in [0.29, 0.717) is 16.3 Å². The number of aryl methyl sites for hydroxylation is 2. The van der Waals surface area contributed by atoms with Gasteiger partial charge < -0.3 is 4.74 Å². The van der Waals surface area contributed by atoms with Crippen molar-refractivity contribution in [3.05, 3.63) is 74.2 Å². The molecule has 0 aliphatic carbocycles. The molecule has 25 heavy (non-hydrogen) atoms. The molecule has 126 valence electrons. The summed E-state index contributed by atoms with van der Waals surface area (Å²) in [6.07, 6.45) is 0. The van der Waals surface area contributed by atoms with Gasteiger partial charge in [-0.15, -0.1) is 0 Å². The van der Waals surface area contributed by atoms with Crippen LogP contribution in [0.25, 0.3) is 10.8 Å². The quantitative estimate of drug-likeness (QED) is 0.314. The lowest BCUT2D eigenvalue weighted by Gasteiger charge is -2.09. The monoisotopic (exact) mass is 339 g/mol. The molecule has 0 bridgehead atoms. The Morgan fingerprint density at radius 3 is 2.56 bits per heavy atom. The van der Waals surface area contributed by atoms with Gasteiger partial charge in [0, 0.05) is 18.5 Å². The lowest BCUT2D eigenvalue weighted by Crippen LogP contribution is -2.24. The number of hydrogen-bond donors (Lipinski definition) is 0. The first-order valence-corrected chi connectivity index (χ1v) is 7.32. The van der Waals surface area contributed by atoms with E-state index < -0.39 is 10.9 Å². The fraction of sp³-hybridized carbons (Fsp3) is 0.118. The van der Waals surface area contributed by atoms with Gasteiger partial charge >= 0.3 is 11.7 Å². The predicted octanol–water partition coefficient (Wildman–Crippen LogP) is 2.37. The van der Waals surface area contributed by atoms with E-state index in [9.17, 15) is 19.7 Å². The number of nitrogens with zero attached hydrogens (tertiary/aromatic N) is 3. The predicted molar refractivity (Wildman–Crippen MR) is 89.8 cm³/mol. The third-order valence-electron chi connectivity index (χ3n) is 3.66. The molecule has 0 spiro atoms. The van der Waals surface area contributed by atoms with Gasteiger partial charge in [-0.05, 0) is 24.6 Å². The molecule has 0 radical (unpaired) electrons. The fourth-order valence-corrected chi connectivity index (χ4v) is 2.45. The minimum atomic E-state index is -0.875. The van der Waals surface area contributed by atoms with E-state index in [4.69, 9.17) is 4.74 Å². The first-order valence-electron chi connectivity index (χ1n) is 7.32. The number of aromatic nitrogens is 2. The summed E-state index contributed by atoms with van der Waals surface area (Å²) in [6.45, 7) is 1.72. The number of nitro benzene ring substituents is 1. The topological polar surface area (TPSA) is 104 Å². The van der Waals surface area contributed by atoms with Crippen LogP contribution in [0.5, 0.6) is 5.75 Å². The van der Waals surface area contributed by atoms with Crippen LogP contribution in [0.3, 0.4) is 0 Å². The summed E-state index contributed by atoms with van der Waals surface area (Å²) >= 11 is 0. The zero-order valence-electron chi connectivity index (χ0n) is 13.4. The minimum absolute atomic E-state index is 0.0893. The van der Waals surface area contributed by atoms with E-state index in [0.717, 1.165) is 4.68 Å². The Bertz CT molecular complexity index is 1070. The maximum atomic E-state index is 12.6. The summed E-state index contributed by atoms with van der Waals surface area (Å²) in [4.78, 5) is 35.1. The van der Waals surface area contributed by atoms with Gasteiger partial charge in [-0.1, -0.05) is 24.3 Å². The largest absolute Gasteiger partial charge is 0.414 e. The molecule has 1 aromatic heterocycles. The van der Waals surface area contributed by atoms with E-state index in [2.05, 4.69) is 5.10 Å². The van der Waals surface area contributed by atoms with Crippen molar-refractivity contribution in [2.24, 2.45) is 7.05 Å². The summed E-state index contributed by atoms with van der Waals surface area (Å²) in [5.41, 5.74) is -0.0676. The van der Waals surface area contributed by atoms with Crippen molar-refractivity contribution in [1.29, 1.82) is 0 Å². The third kappa shape index (κ3) is 2.97. The number of fused-ring (bicyclic) bond motifs is 1. The SMILES string of the molecule is Cc1ccc([N+](=O)[O-])c(OC(=O)c2nn(C)c(=O)c3ccccc23)c1. The number of ether oxygens (including phenoxy) is 1. The van der Waals surface area contributed by atoms with Gasteiger partial charge in [-0.25, -0.2) is 9.48 Å². The Balaban J connectivity index is 2.11. The van der Waals surface area contributed by atoms with Crippen LogP contribution < -0.4 is 10.3 Å². The van der Waals surface area contributed by atoms with E-state index in [-0.39, 0.29) is 22.7 Å². The highest BCUT2D eigenvalue weighted by molar-refractivity contribution is 6.03. The summed E-state index contributed by atoms with van der Waals surface area (Å²) in [7, 11) is 1.42. The number of benzene rings is 2. The number of rotatable bonds is 3. The smallest absolute Gasteiger partial charge is 0.365 e. The average Bonchev–Trinajstić information content (AvgIpc) is 2.58. The van der Waals surface area contributed by atoms with E-state index in [1.165, 1.54) is 19.2 Å². The van der Waals surface area contributed by atoms with Gasteiger partial charge in [0.1, 0.15) is 0 Å². The lowest BCUT2D eigenvalue weighted by atomic mass is 10.1. The molecule has 8 heteroatoms. The minimum Gasteiger partial charge on any atom is -0.414 e. The average molecular weight is 339 g/mol. The molecule has 2 aromatic carbocycles. The zero-order chi connectivity index (χ0) is 18.1. The van der Waals surface area contributed by atoms with Gasteiger partial charge in [0.15, 0.2) is 5.69 Å². The summed E-state index contributed by atoms with van der Waals surface area (Å²) in [5, 5.41) is 15.7. The molecule has 0 saturated carbocycles. The van der Waals surface area contributed by atoms with Crippen LogP contribution in [0.1, 0.15) is 16.1 Å². The van der Waals surface area contributed by atoms with E-state index >= 15 is 0 Å². The molecule has 0 fully saturated rings. The Morgan fingerprint density at radius 1 is 1.20 bits per heavy atom. The van der Waals surface area contributed by atoms with Crippen molar-refractivity contribution >= 4 is 22.4 Å². The molecular formula is C17H13N3O5. The van der Waals surface area contributed by atoms with Gasteiger partial charge in [-0.2, -0.15) is 5.10 Å². The Kier molecular flexibility index (Phi) is 4.02. The molecule has 3 rings (SSSR count). The van der Waals surface area contributed by atoms with Crippen LogP contribution in [-0.4, -0.2) is 20.7 Å². The molecule has 1 heterocycles. The van der Waals surface area contributed by atoms with Crippen LogP contribution in [0.15, 0.2) is 47.3 Å². The zero-order valence-corrected chi connectivity index (χ0v) is 13.4. The van der Waals surface area contributed by atoms with Gasteiger partial charge in [0.05, 0.1) is 10.3 Å². The maximum Gasteiger partial charge on any atom is 0.365 e. The number of esters is 1. The molecular weight excluding hydrogens is 326 g/mol. The van der Waals surface area contributed by atoms with Gasteiger partial charge in [0.2, 0.25) is 5.75 Å². The van der Waals surface area contributed by atoms with Crippen molar-refractivity contribution in [1.82, 2.24) is 9.78 Å². The van der Waals surface area contributed by atoms with Crippen molar-refractivity contribution in [3.8, 4) is 5.75 Å². The van der Waals surface area contributed by atoms with Crippen LogP contribution in [0.2, 0.25) is 0 Å².